The van der Waals surface area contributed by atoms with E-state index in [0.29, 0.717) is 5.92 Å². The van der Waals surface area contributed by atoms with Crippen LogP contribution in [0.3, 0.4) is 0 Å². The lowest BCUT2D eigenvalue weighted by molar-refractivity contribution is 0.240. The zero-order valence-electron chi connectivity index (χ0n) is 30.1. The third-order valence-corrected chi connectivity index (χ3v) is 9.65. The molecule has 0 fully saturated rings. The number of benzene rings is 2. The number of likely N-dealkylation sites (tertiary alicyclic amines) is 1. The maximum Gasteiger partial charge on any atom is 0.0440 e. The highest BCUT2D eigenvalue weighted by Gasteiger charge is 2.52. The van der Waals surface area contributed by atoms with E-state index in [-0.39, 0.29) is 5.41 Å². The van der Waals surface area contributed by atoms with Crippen LogP contribution in [0.1, 0.15) is 61.8 Å². The third-order valence-electron chi connectivity index (χ3n) is 9.30. The van der Waals surface area contributed by atoms with Gasteiger partial charge in [-0.3, -0.25) is 0 Å². The number of halogens is 1. The maximum atomic E-state index is 6.22. The molecule has 0 saturated heterocycles. The molecule has 0 radical (unpaired) electrons. The highest BCUT2D eigenvalue weighted by Crippen LogP contribution is 2.62. The first-order chi connectivity index (χ1) is 22.6. The van der Waals surface area contributed by atoms with E-state index in [9.17, 15) is 0 Å². The van der Waals surface area contributed by atoms with Crippen molar-refractivity contribution in [2.45, 2.75) is 66.2 Å². The quantitative estimate of drug-likeness (QED) is 0.226. The van der Waals surface area contributed by atoms with Crippen LogP contribution in [0.4, 0.5) is 0 Å². The monoisotopic (exact) mass is 650 g/mol. The van der Waals surface area contributed by atoms with Gasteiger partial charge in [0.05, 0.1) is 0 Å². The van der Waals surface area contributed by atoms with Gasteiger partial charge < -0.3 is 10.2 Å². The number of aryl methyl sites for hydroxylation is 4. The molecule has 1 N–H and O–H groups in total. The maximum absolute atomic E-state index is 6.22. The van der Waals surface area contributed by atoms with Gasteiger partial charge in [-0.1, -0.05) is 111 Å². The number of rotatable bonds is 8. The van der Waals surface area contributed by atoms with Crippen LogP contribution in [-0.2, 0) is 12.8 Å². The van der Waals surface area contributed by atoms with Crippen molar-refractivity contribution in [2.24, 2.45) is 11.3 Å². The normalized spacial score (nSPS) is 19.7. The molecule has 2 aromatic rings. The molecule has 3 heteroatoms. The van der Waals surface area contributed by atoms with E-state index in [0.717, 1.165) is 30.8 Å². The van der Waals surface area contributed by atoms with Crippen molar-refractivity contribution in [3.63, 3.8) is 0 Å². The largest absolute Gasteiger partial charge is 0.394 e. The molecule has 2 nitrogen and oxygen atoms in total. The number of hydrogen-bond donors (Lipinski definition) is 1. The van der Waals surface area contributed by atoms with Crippen LogP contribution < -0.4 is 5.32 Å². The van der Waals surface area contributed by atoms with E-state index >= 15 is 0 Å². The Labute approximate surface area is 293 Å². The zero-order valence-corrected chi connectivity index (χ0v) is 30.9. The first kappa shape index (κ1) is 41.3. The SMILES string of the molecule is C#C.C=C.C=CC1=C(/C=C\CC)C(C2(C)C(=C)C3=C2CCN(C)C3)CC1.C=CNC.Cc1ccc(CCc2ccc(C)cc2Cl)cc1. The summed E-state index contributed by atoms with van der Waals surface area (Å²) < 4.78 is 0. The lowest BCUT2D eigenvalue weighted by Crippen LogP contribution is -2.47. The van der Waals surface area contributed by atoms with Crippen molar-refractivity contribution in [1.29, 1.82) is 0 Å². The second-order valence-electron chi connectivity index (χ2n) is 12.3. The first-order valence-electron chi connectivity index (χ1n) is 16.6. The number of nitrogens with one attached hydrogen (secondary N) is 1. The number of hydrogen-bond acceptors (Lipinski definition) is 2. The summed E-state index contributed by atoms with van der Waals surface area (Å²) in [4.78, 5) is 2.42. The molecule has 2 unspecified atom stereocenters. The van der Waals surface area contributed by atoms with Crippen molar-refractivity contribution < 1.29 is 0 Å². The van der Waals surface area contributed by atoms with E-state index < -0.39 is 0 Å². The van der Waals surface area contributed by atoms with Crippen molar-refractivity contribution in [2.75, 3.05) is 27.2 Å². The fourth-order valence-corrected chi connectivity index (χ4v) is 6.93. The average Bonchev–Trinajstić information content (AvgIpc) is 3.52. The van der Waals surface area contributed by atoms with Gasteiger partial charge in [0.1, 0.15) is 0 Å². The minimum absolute atomic E-state index is 0.189. The van der Waals surface area contributed by atoms with E-state index in [2.05, 4.69) is 145 Å². The van der Waals surface area contributed by atoms with E-state index in [1.165, 1.54) is 64.8 Å². The summed E-state index contributed by atoms with van der Waals surface area (Å²) in [6.45, 7) is 29.0. The molecule has 1 heterocycles. The molecule has 0 amide bonds. The standard InChI is InChI=1S/C21H29N.C16H17Cl.C3H7N.C2H4.C2H2/c1-6-8-9-17-16(7-2)10-11-19(17)21(4)15(3)18-14-22(5)13-12-20(18)21;1-12-3-6-14(7-4-12)8-10-15-9-5-13(2)11-16(15)17;1-3-4-2;2*1-2/h7-9,19H,2-3,6,10-14H2,1,4-5H3;3-7,9,11H,8,10H2,1-2H3;3-4H,1H2,2H3;1-2H2;1-2H/b9-8-;;;;. The Hall–Kier alpha value is -3.77. The van der Waals surface area contributed by atoms with Crippen molar-refractivity contribution in [3.05, 3.63) is 155 Å². The van der Waals surface area contributed by atoms with Crippen LogP contribution in [0.25, 0.3) is 0 Å². The summed E-state index contributed by atoms with van der Waals surface area (Å²) >= 11 is 6.22. The van der Waals surface area contributed by atoms with Gasteiger partial charge >= 0.3 is 0 Å². The molecule has 2 aliphatic carbocycles. The van der Waals surface area contributed by atoms with Gasteiger partial charge in [0.25, 0.3) is 0 Å². The van der Waals surface area contributed by atoms with E-state index in [1.807, 2.05) is 13.1 Å². The number of nitrogens with zero attached hydrogens (tertiary/aromatic N) is 1. The van der Waals surface area contributed by atoms with Crippen LogP contribution in [-0.4, -0.2) is 32.1 Å². The average molecular weight is 651 g/mol. The van der Waals surface area contributed by atoms with Crippen LogP contribution in [0.2, 0.25) is 5.02 Å². The van der Waals surface area contributed by atoms with Gasteiger partial charge in [-0.2, -0.15) is 0 Å². The van der Waals surface area contributed by atoms with Crippen LogP contribution in [0.5, 0.6) is 0 Å². The molecule has 252 valence electrons. The summed E-state index contributed by atoms with van der Waals surface area (Å²) in [7, 11) is 4.03. The van der Waals surface area contributed by atoms with Gasteiger partial charge in [0.15, 0.2) is 0 Å². The van der Waals surface area contributed by atoms with Gasteiger partial charge in [-0.25, -0.2) is 0 Å². The summed E-state index contributed by atoms with van der Waals surface area (Å²) in [5.74, 6) is 0.595. The topological polar surface area (TPSA) is 15.3 Å². The van der Waals surface area contributed by atoms with Crippen LogP contribution >= 0.6 is 11.6 Å². The second-order valence-corrected chi connectivity index (χ2v) is 12.7. The van der Waals surface area contributed by atoms with Crippen molar-refractivity contribution >= 4 is 11.6 Å². The Morgan fingerprint density at radius 2 is 1.64 bits per heavy atom. The molecule has 5 rings (SSSR count). The van der Waals surface area contributed by atoms with E-state index in [4.69, 9.17) is 11.6 Å². The molecule has 3 aliphatic rings. The lowest BCUT2D eigenvalue weighted by Gasteiger charge is -2.54. The molecule has 1 aliphatic heterocycles. The zero-order chi connectivity index (χ0) is 35.6. The smallest absolute Gasteiger partial charge is 0.0440 e. The Bertz CT molecular complexity index is 1430. The molecule has 0 aromatic heterocycles. The van der Waals surface area contributed by atoms with Gasteiger partial charge in [-0.05, 0) is 117 Å². The summed E-state index contributed by atoms with van der Waals surface area (Å²) in [6.07, 6.45) is 23.1. The highest BCUT2D eigenvalue weighted by atomic mass is 35.5. The Kier molecular flexibility index (Phi) is 18.6. The van der Waals surface area contributed by atoms with Crippen LogP contribution in [0, 0.1) is 38.0 Å². The number of likely N-dealkylation sites (N-methyl/N-ethyl adjacent to an activating group) is 1. The number of terminal acetylenes is 1. The van der Waals surface area contributed by atoms with Crippen molar-refractivity contribution in [1.82, 2.24) is 10.2 Å². The lowest BCUT2D eigenvalue weighted by atomic mass is 9.52. The fourth-order valence-electron chi connectivity index (χ4n) is 6.60. The minimum atomic E-state index is 0.189. The predicted octanol–water partition coefficient (Wildman–Crippen LogP) is 11.2. The molecular weight excluding hydrogens is 592 g/mol. The molecular formula is C44H59ClN2. The fraction of sp³-hybridized carbons (Fsp3) is 0.364. The Morgan fingerprint density at radius 3 is 2.19 bits per heavy atom. The summed E-state index contributed by atoms with van der Waals surface area (Å²) in [5.41, 5.74) is 12.9. The summed E-state index contributed by atoms with van der Waals surface area (Å²) in [5, 5.41) is 3.58. The minimum Gasteiger partial charge on any atom is -0.394 e. The molecule has 2 aromatic carbocycles. The third kappa shape index (κ3) is 10.9. The van der Waals surface area contributed by atoms with Gasteiger partial charge in [-0.15, -0.1) is 26.0 Å². The number of allylic oxidation sites excluding steroid dienone is 5. The molecule has 0 bridgehead atoms. The summed E-state index contributed by atoms with van der Waals surface area (Å²) in [6, 6.07) is 15.0. The van der Waals surface area contributed by atoms with Gasteiger partial charge in [0.2, 0.25) is 0 Å². The Morgan fingerprint density at radius 1 is 1.02 bits per heavy atom. The van der Waals surface area contributed by atoms with Crippen molar-refractivity contribution in [3.8, 4) is 12.8 Å². The second kappa shape index (κ2) is 21.2. The molecule has 0 saturated carbocycles. The van der Waals surface area contributed by atoms with Crippen LogP contribution in [0.15, 0.2) is 128 Å². The van der Waals surface area contributed by atoms with E-state index in [1.54, 1.807) is 17.3 Å². The van der Waals surface area contributed by atoms with Gasteiger partial charge in [0, 0.05) is 30.6 Å². The molecule has 2 atom stereocenters. The molecule has 0 spiro atoms. The Balaban J connectivity index is 0.000000393. The first-order valence-corrected chi connectivity index (χ1v) is 17.0. The predicted molar refractivity (Wildman–Crippen MR) is 211 cm³/mol. The molecule has 47 heavy (non-hydrogen) atoms. The highest BCUT2D eigenvalue weighted by molar-refractivity contribution is 6.31.